The van der Waals surface area contributed by atoms with Crippen LogP contribution in [0.15, 0.2) is 0 Å². The molecule has 1 saturated carbocycles. The van der Waals surface area contributed by atoms with Crippen molar-refractivity contribution in [2.24, 2.45) is 17.6 Å². The molecule has 1 fully saturated rings. The molecular weight excluding hydrogens is 178 g/mol. The molecule has 2 unspecified atom stereocenters. The van der Waals surface area contributed by atoms with Crippen LogP contribution in [0.1, 0.15) is 25.7 Å². The minimum atomic E-state index is -0.650. The van der Waals surface area contributed by atoms with Gasteiger partial charge >= 0.3 is 5.97 Å². The van der Waals surface area contributed by atoms with Gasteiger partial charge in [-0.25, -0.2) is 0 Å². The van der Waals surface area contributed by atoms with Gasteiger partial charge in [0.05, 0.1) is 5.92 Å². The number of aliphatic carboxylic acids is 1. The summed E-state index contributed by atoms with van der Waals surface area (Å²) in [4.78, 5) is 10.6. The SMILES string of the molecule is Cl.NCC1CCCC(C(=O)O)C1. The highest BCUT2D eigenvalue weighted by molar-refractivity contribution is 5.85. The molecule has 0 aromatic heterocycles. The summed E-state index contributed by atoms with van der Waals surface area (Å²) >= 11 is 0. The lowest BCUT2D eigenvalue weighted by Gasteiger charge is -2.25. The number of halogens is 1. The van der Waals surface area contributed by atoms with E-state index >= 15 is 0 Å². The van der Waals surface area contributed by atoms with Crippen LogP contribution < -0.4 is 5.73 Å². The third kappa shape index (κ3) is 2.99. The summed E-state index contributed by atoms with van der Waals surface area (Å²) in [6.07, 6.45) is 3.76. The normalized spacial score (nSPS) is 29.1. The van der Waals surface area contributed by atoms with Crippen molar-refractivity contribution in [3.63, 3.8) is 0 Å². The van der Waals surface area contributed by atoms with Crippen molar-refractivity contribution < 1.29 is 9.90 Å². The smallest absolute Gasteiger partial charge is 0.306 e. The van der Waals surface area contributed by atoms with Crippen LogP contribution in [0.3, 0.4) is 0 Å². The molecule has 0 heterocycles. The van der Waals surface area contributed by atoms with Gasteiger partial charge in [0.1, 0.15) is 0 Å². The van der Waals surface area contributed by atoms with Crippen molar-refractivity contribution in [2.45, 2.75) is 25.7 Å². The van der Waals surface area contributed by atoms with Crippen molar-refractivity contribution in [2.75, 3.05) is 6.54 Å². The Hall–Kier alpha value is -0.280. The van der Waals surface area contributed by atoms with E-state index in [-0.39, 0.29) is 18.3 Å². The molecular formula is C8H16ClNO2. The third-order valence-electron chi connectivity index (χ3n) is 2.47. The van der Waals surface area contributed by atoms with Crippen LogP contribution >= 0.6 is 12.4 Å². The largest absolute Gasteiger partial charge is 0.481 e. The van der Waals surface area contributed by atoms with Crippen LogP contribution in [0.25, 0.3) is 0 Å². The number of carboxylic acids is 1. The van der Waals surface area contributed by atoms with Gasteiger partial charge < -0.3 is 10.8 Å². The van der Waals surface area contributed by atoms with E-state index < -0.39 is 5.97 Å². The van der Waals surface area contributed by atoms with E-state index in [9.17, 15) is 4.79 Å². The monoisotopic (exact) mass is 193 g/mol. The van der Waals surface area contributed by atoms with Gasteiger partial charge in [-0.05, 0) is 31.7 Å². The zero-order valence-electron chi connectivity index (χ0n) is 7.03. The summed E-state index contributed by atoms with van der Waals surface area (Å²) in [5.41, 5.74) is 5.47. The maximum atomic E-state index is 10.6. The standard InChI is InChI=1S/C8H15NO2.ClH/c9-5-6-2-1-3-7(4-6)8(10)11;/h6-7H,1-5,9H2,(H,10,11);1H. The fraction of sp³-hybridized carbons (Fsp3) is 0.875. The summed E-state index contributed by atoms with van der Waals surface area (Å²) < 4.78 is 0. The first-order chi connectivity index (χ1) is 5.24. The highest BCUT2D eigenvalue weighted by Crippen LogP contribution is 2.28. The zero-order chi connectivity index (χ0) is 8.27. The van der Waals surface area contributed by atoms with Crippen LogP contribution in [-0.4, -0.2) is 17.6 Å². The van der Waals surface area contributed by atoms with Gasteiger partial charge in [-0.1, -0.05) is 6.42 Å². The summed E-state index contributed by atoms with van der Waals surface area (Å²) in [6, 6.07) is 0. The number of hydrogen-bond acceptors (Lipinski definition) is 2. The van der Waals surface area contributed by atoms with Crippen molar-refractivity contribution in [1.82, 2.24) is 0 Å². The Morgan fingerprint density at radius 3 is 2.67 bits per heavy atom. The number of nitrogens with two attached hydrogens (primary N) is 1. The highest BCUT2D eigenvalue weighted by Gasteiger charge is 2.25. The van der Waals surface area contributed by atoms with E-state index in [0.717, 1.165) is 25.7 Å². The van der Waals surface area contributed by atoms with Gasteiger partial charge in [0.2, 0.25) is 0 Å². The van der Waals surface area contributed by atoms with Gasteiger partial charge in [-0.2, -0.15) is 0 Å². The molecule has 0 spiro atoms. The van der Waals surface area contributed by atoms with E-state index in [1.54, 1.807) is 0 Å². The summed E-state index contributed by atoms with van der Waals surface area (Å²) in [5.74, 6) is -0.328. The molecule has 0 aromatic rings. The molecule has 0 bridgehead atoms. The fourth-order valence-corrected chi connectivity index (χ4v) is 1.73. The average Bonchev–Trinajstić information content (AvgIpc) is 2.05. The van der Waals surface area contributed by atoms with Crippen molar-refractivity contribution in [1.29, 1.82) is 0 Å². The first-order valence-corrected chi connectivity index (χ1v) is 4.17. The zero-order valence-corrected chi connectivity index (χ0v) is 7.85. The minimum absolute atomic E-state index is 0. The maximum absolute atomic E-state index is 10.6. The molecule has 0 amide bonds. The molecule has 0 radical (unpaired) electrons. The molecule has 72 valence electrons. The molecule has 0 aromatic carbocycles. The lowest BCUT2D eigenvalue weighted by Crippen LogP contribution is -2.26. The Morgan fingerprint density at radius 2 is 2.17 bits per heavy atom. The molecule has 1 aliphatic carbocycles. The Morgan fingerprint density at radius 1 is 1.50 bits per heavy atom. The Bertz CT molecular complexity index is 152. The molecule has 4 heteroatoms. The highest BCUT2D eigenvalue weighted by atomic mass is 35.5. The van der Waals surface area contributed by atoms with Crippen molar-refractivity contribution in [3.05, 3.63) is 0 Å². The molecule has 0 aliphatic heterocycles. The predicted octanol–water partition coefficient (Wildman–Crippen LogP) is 1.26. The second-order valence-corrected chi connectivity index (χ2v) is 3.30. The number of rotatable bonds is 2. The Labute approximate surface area is 78.7 Å². The molecule has 1 aliphatic rings. The van der Waals surface area contributed by atoms with Crippen LogP contribution in [0.5, 0.6) is 0 Å². The van der Waals surface area contributed by atoms with Gasteiger partial charge in [0.15, 0.2) is 0 Å². The molecule has 2 atom stereocenters. The first-order valence-electron chi connectivity index (χ1n) is 4.17. The second kappa shape index (κ2) is 5.38. The van der Waals surface area contributed by atoms with Gasteiger partial charge in [0.25, 0.3) is 0 Å². The molecule has 0 saturated heterocycles. The van der Waals surface area contributed by atoms with Crippen LogP contribution in [0, 0.1) is 11.8 Å². The predicted molar refractivity (Wildman–Crippen MR) is 49.4 cm³/mol. The van der Waals surface area contributed by atoms with Gasteiger partial charge in [-0.15, -0.1) is 12.4 Å². The van der Waals surface area contributed by atoms with E-state index in [4.69, 9.17) is 10.8 Å². The van der Waals surface area contributed by atoms with E-state index in [2.05, 4.69) is 0 Å². The number of carboxylic acid groups (broad SMARTS) is 1. The fourth-order valence-electron chi connectivity index (χ4n) is 1.73. The van der Waals surface area contributed by atoms with Crippen LogP contribution in [-0.2, 0) is 4.79 Å². The number of carbonyl (C=O) groups is 1. The Kier molecular flexibility index (Phi) is 5.25. The Balaban J connectivity index is 0.00000121. The molecule has 1 rings (SSSR count). The van der Waals surface area contributed by atoms with Gasteiger partial charge in [0, 0.05) is 0 Å². The lowest BCUT2D eigenvalue weighted by atomic mass is 9.81. The summed E-state index contributed by atoms with van der Waals surface area (Å²) in [5, 5.41) is 8.71. The molecule has 3 N–H and O–H groups in total. The summed E-state index contributed by atoms with van der Waals surface area (Å²) in [6.45, 7) is 0.643. The summed E-state index contributed by atoms with van der Waals surface area (Å²) in [7, 11) is 0. The van der Waals surface area contributed by atoms with Crippen LogP contribution in [0.4, 0.5) is 0 Å². The van der Waals surface area contributed by atoms with Crippen molar-refractivity contribution >= 4 is 18.4 Å². The maximum Gasteiger partial charge on any atom is 0.306 e. The topological polar surface area (TPSA) is 63.3 Å². The lowest BCUT2D eigenvalue weighted by molar-refractivity contribution is -0.143. The molecule has 3 nitrogen and oxygen atoms in total. The first kappa shape index (κ1) is 11.7. The second-order valence-electron chi connectivity index (χ2n) is 3.30. The number of hydrogen-bond donors (Lipinski definition) is 2. The quantitative estimate of drug-likeness (QED) is 0.694. The van der Waals surface area contributed by atoms with E-state index in [1.165, 1.54) is 0 Å². The van der Waals surface area contributed by atoms with Crippen molar-refractivity contribution in [3.8, 4) is 0 Å². The minimum Gasteiger partial charge on any atom is -0.481 e. The van der Waals surface area contributed by atoms with Gasteiger partial charge in [-0.3, -0.25) is 4.79 Å². The van der Waals surface area contributed by atoms with Crippen LogP contribution in [0.2, 0.25) is 0 Å². The third-order valence-corrected chi connectivity index (χ3v) is 2.47. The van der Waals surface area contributed by atoms with E-state index in [1.807, 2.05) is 0 Å². The average molecular weight is 194 g/mol. The van der Waals surface area contributed by atoms with E-state index in [0.29, 0.717) is 12.5 Å². The molecule has 12 heavy (non-hydrogen) atoms.